The minimum atomic E-state index is -0.334. The third-order valence-corrected chi connectivity index (χ3v) is 2.30. The van der Waals surface area contributed by atoms with E-state index in [1.54, 1.807) is 24.4 Å². The summed E-state index contributed by atoms with van der Waals surface area (Å²) in [5.41, 5.74) is 2.82. The van der Waals surface area contributed by atoms with E-state index in [1.165, 1.54) is 6.20 Å². The normalized spacial score (nSPS) is 10.1. The summed E-state index contributed by atoms with van der Waals surface area (Å²) < 4.78 is 13.5. The Morgan fingerprint density at radius 2 is 2.06 bits per heavy atom. The van der Waals surface area contributed by atoms with Gasteiger partial charge in [0.25, 0.3) is 0 Å². The number of nitrogens with zero attached hydrogens (tertiary/aromatic N) is 2. The Kier molecular flexibility index (Phi) is 2.77. The molecular formula is C13H11FN2. The van der Waals surface area contributed by atoms with Crippen LogP contribution in [0.25, 0.3) is 17.2 Å². The third-order valence-electron chi connectivity index (χ3n) is 2.30. The van der Waals surface area contributed by atoms with Crippen LogP contribution in [0.1, 0.15) is 11.4 Å². The van der Waals surface area contributed by atoms with E-state index in [-0.39, 0.29) is 5.82 Å². The zero-order valence-electron chi connectivity index (χ0n) is 8.94. The van der Waals surface area contributed by atoms with E-state index in [4.69, 9.17) is 0 Å². The number of aromatic nitrogens is 2. The van der Waals surface area contributed by atoms with Gasteiger partial charge in [0.2, 0.25) is 0 Å². The molecule has 0 N–H and O–H groups in total. The van der Waals surface area contributed by atoms with Crippen LogP contribution in [0.5, 0.6) is 0 Å². The predicted octanol–water partition coefficient (Wildman–Crippen LogP) is 3.23. The van der Waals surface area contributed by atoms with E-state index < -0.39 is 0 Å². The molecule has 0 aliphatic carbocycles. The fourth-order valence-electron chi connectivity index (χ4n) is 1.45. The SMILES string of the molecule is C=Cc1ccc(-c2cc(C)ncc2F)cn1. The minimum Gasteiger partial charge on any atom is -0.259 e. The number of halogens is 1. The van der Waals surface area contributed by atoms with Crippen LogP contribution in [-0.4, -0.2) is 9.97 Å². The largest absolute Gasteiger partial charge is 0.259 e. The monoisotopic (exact) mass is 214 g/mol. The van der Waals surface area contributed by atoms with E-state index in [2.05, 4.69) is 16.5 Å². The average molecular weight is 214 g/mol. The smallest absolute Gasteiger partial charge is 0.149 e. The standard InChI is InChI=1S/C13H11FN2/c1-3-11-5-4-10(7-16-11)12-6-9(2)15-8-13(12)14/h3-8H,1H2,2H3. The lowest BCUT2D eigenvalue weighted by molar-refractivity contribution is 0.624. The van der Waals surface area contributed by atoms with Crippen molar-refractivity contribution < 1.29 is 4.39 Å². The highest BCUT2D eigenvalue weighted by Crippen LogP contribution is 2.22. The molecule has 3 heteroatoms. The van der Waals surface area contributed by atoms with Crippen molar-refractivity contribution in [3.8, 4) is 11.1 Å². The second-order valence-electron chi connectivity index (χ2n) is 3.48. The van der Waals surface area contributed by atoms with Crippen molar-refractivity contribution in [1.29, 1.82) is 0 Å². The fourth-order valence-corrected chi connectivity index (χ4v) is 1.45. The first-order valence-corrected chi connectivity index (χ1v) is 4.91. The van der Waals surface area contributed by atoms with Crippen LogP contribution in [0.15, 0.2) is 37.2 Å². The Bertz CT molecular complexity index is 518. The molecule has 2 heterocycles. The van der Waals surface area contributed by atoms with Crippen molar-refractivity contribution in [3.05, 3.63) is 54.4 Å². The third kappa shape index (κ3) is 1.98. The molecule has 0 saturated heterocycles. The highest BCUT2D eigenvalue weighted by Gasteiger charge is 2.05. The van der Waals surface area contributed by atoms with E-state index in [0.29, 0.717) is 5.56 Å². The number of hydrogen-bond acceptors (Lipinski definition) is 2. The molecule has 2 aromatic rings. The molecule has 0 unspecified atom stereocenters. The zero-order valence-corrected chi connectivity index (χ0v) is 8.94. The van der Waals surface area contributed by atoms with E-state index >= 15 is 0 Å². The average Bonchev–Trinajstić information content (AvgIpc) is 2.32. The predicted molar refractivity (Wildman–Crippen MR) is 62.3 cm³/mol. The highest BCUT2D eigenvalue weighted by atomic mass is 19.1. The molecule has 2 rings (SSSR count). The van der Waals surface area contributed by atoms with Crippen LogP contribution in [0.2, 0.25) is 0 Å². The van der Waals surface area contributed by atoms with Crippen LogP contribution in [0, 0.1) is 12.7 Å². The lowest BCUT2D eigenvalue weighted by atomic mass is 10.1. The summed E-state index contributed by atoms with van der Waals surface area (Å²) in [4.78, 5) is 8.03. The van der Waals surface area contributed by atoms with Crippen LogP contribution in [0.3, 0.4) is 0 Å². The summed E-state index contributed by atoms with van der Waals surface area (Å²) >= 11 is 0. The van der Waals surface area contributed by atoms with Crippen molar-refractivity contribution in [1.82, 2.24) is 9.97 Å². The highest BCUT2D eigenvalue weighted by molar-refractivity contribution is 5.64. The molecule has 0 atom stereocenters. The van der Waals surface area contributed by atoms with Gasteiger partial charge >= 0.3 is 0 Å². The van der Waals surface area contributed by atoms with E-state index in [9.17, 15) is 4.39 Å². The Balaban J connectivity index is 2.49. The number of pyridine rings is 2. The topological polar surface area (TPSA) is 25.8 Å². The molecule has 0 fully saturated rings. The molecule has 2 nitrogen and oxygen atoms in total. The van der Waals surface area contributed by atoms with Crippen LogP contribution in [0.4, 0.5) is 4.39 Å². The number of rotatable bonds is 2. The Hall–Kier alpha value is -2.03. The molecule has 0 saturated carbocycles. The van der Waals surface area contributed by atoms with Crippen LogP contribution >= 0.6 is 0 Å². The summed E-state index contributed by atoms with van der Waals surface area (Å²) in [6.45, 7) is 5.45. The van der Waals surface area contributed by atoms with Gasteiger partial charge in [0, 0.05) is 23.0 Å². The van der Waals surface area contributed by atoms with E-state index in [0.717, 1.165) is 17.0 Å². The van der Waals surface area contributed by atoms with Crippen LogP contribution < -0.4 is 0 Å². The summed E-state index contributed by atoms with van der Waals surface area (Å²) in [5.74, 6) is -0.334. The summed E-state index contributed by atoms with van der Waals surface area (Å²) in [5, 5.41) is 0. The summed E-state index contributed by atoms with van der Waals surface area (Å²) in [6.07, 6.45) is 4.51. The quantitative estimate of drug-likeness (QED) is 0.767. The van der Waals surface area contributed by atoms with Gasteiger partial charge in [-0.05, 0) is 25.1 Å². The van der Waals surface area contributed by atoms with Gasteiger partial charge in [0.1, 0.15) is 5.82 Å². The van der Waals surface area contributed by atoms with Crippen molar-refractivity contribution in [3.63, 3.8) is 0 Å². The van der Waals surface area contributed by atoms with Crippen molar-refractivity contribution in [2.75, 3.05) is 0 Å². The molecule has 0 amide bonds. The van der Waals surface area contributed by atoms with Gasteiger partial charge in [0.05, 0.1) is 11.9 Å². The molecule has 0 aliphatic heterocycles. The van der Waals surface area contributed by atoms with E-state index in [1.807, 2.05) is 13.0 Å². The molecule has 80 valence electrons. The summed E-state index contributed by atoms with van der Waals surface area (Å²) in [6, 6.07) is 5.33. The van der Waals surface area contributed by atoms with Crippen molar-refractivity contribution >= 4 is 6.08 Å². The zero-order chi connectivity index (χ0) is 11.5. The molecule has 0 spiro atoms. The lowest BCUT2D eigenvalue weighted by Gasteiger charge is -2.04. The van der Waals surface area contributed by atoms with Crippen LogP contribution in [-0.2, 0) is 0 Å². The van der Waals surface area contributed by atoms with Gasteiger partial charge < -0.3 is 0 Å². The molecule has 0 aromatic carbocycles. The second kappa shape index (κ2) is 4.23. The van der Waals surface area contributed by atoms with Gasteiger partial charge in [-0.3, -0.25) is 9.97 Å². The Morgan fingerprint density at radius 1 is 1.25 bits per heavy atom. The number of aryl methyl sites for hydroxylation is 1. The van der Waals surface area contributed by atoms with Gasteiger partial charge in [-0.1, -0.05) is 12.6 Å². The van der Waals surface area contributed by atoms with Gasteiger partial charge in [-0.15, -0.1) is 0 Å². The first-order valence-electron chi connectivity index (χ1n) is 4.91. The van der Waals surface area contributed by atoms with Gasteiger partial charge in [-0.25, -0.2) is 4.39 Å². The molecular weight excluding hydrogens is 203 g/mol. The maximum atomic E-state index is 13.5. The first kappa shape index (κ1) is 10.5. The molecule has 0 aliphatic rings. The number of hydrogen-bond donors (Lipinski definition) is 0. The molecule has 16 heavy (non-hydrogen) atoms. The lowest BCUT2D eigenvalue weighted by Crippen LogP contribution is -1.90. The summed E-state index contributed by atoms with van der Waals surface area (Å²) in [7, 11) is 0. The Labute approximate surface area is 93.5 Å². The van der Waals surface area contributed by atoms with Crippen molar-refractivity contribution in [2.45, 2.75) is 6.92 Å². The van der Waals surface area contributed by atoms with Gasteiger partial charge in [-0.2, -0.15) is 0 Å². The molecule has 0 radical (unpaired) electrons. The first-order chi connectivity index (χ1) is 7.70. The van der Waals surface area contributed by atoms with Gasteiger partial charge in [0.15, 0.2) is 0 Å². The second-order valence-corrected chi connectivity index (χ2v) is 3.48. The fraction of sp³-hybridized carbons (Fsp3) is 0.0769. The Morgan fingerprint density at radius 3 is 2.69 bits per heavy atom. The van der Waals surface area contributed by atoms with Crippen molar-refractivity contribution in [2.24, 2.45) is 0 Å². The minimum absolute atomic E-state index is 0.334. The maximum absolute atomic E-state index is 13.5. The molecule has 2 aromatic heterocycles. The maximum Gasteiger partial charge on any atom is 0.149 e. The molecule has 0 bridgehead atoms.